The Labute approximate surface area is 122 Å². The predicted molar refractivity (Wildman–Crippen MR) is 82.4 cm³/mol. The largest absolute Gasteiger partial charge is 0.351 e. The highest BCUT2D eigenvalue weighted by atomic mass is 35.5. The van der Waals surface area contributed by atoms with E-state index in [4.69, 9.17) is 0 Å². The Morgan fingerprint density at radius 1 is 1.42 bits per heavy atom. The lowest BCUT2D eigenvalue weighted by Crippen LogP contribution is -2.29. The van der Waals surface area contributed by atoms with Crippen molar-refractivity contribution >= 4 is 39.7 Å². The summed E-state index contributed by atoms with van der Waals surface area (Å²) in [6.07, 6.45) is 1.16. The predicted octanol–water partition coefficient (Wildman–Crippen LogP) is 2.66. The number of amides is 1. The van der Waals surface area contributed by atoms with Gasteiger partial charge in [-0.05, 0) is 42.9 Å². The fourth-order valence-electron chi connectivity index (χ4n) is 2.31. The van der Waals surface area contributed by atoms with E-state index in [1.54, 1.807) is 11.3 Å². The molecular weight excluding hydrogens is 280 g/mol. The molecule has 0 spiro atoms. The summed E-state index contributed by atoms with van der Waals surface area (Å²) in [5.41, 5.74) is 0. The van der Waals surface area contributed by atoms with E-state index in [9.17, 15) is 4.79 Å². The molecule has 3 nitrogen and oxygen atoms in total. The Balaban J connectivity index is 0.00000133. The molecule has 5 heteroatoms. The van der Waals surface area contributed by atoms with Gasteiger partial charge in [0.1, 0.15) is 0 Å². The van der Waals surface area contributed by atoms with E-state index in [2.05, 4.69) is 16.7 Å². The van der Waals surface area contributed by atoms with Gasteiger partial charge in [-0.25, -0.2) is 0 Å². The minimum atomic E-state index is 0. The zero-order valence-electron chi connectivity index (χ0n) is 10.5. The third-order valence-corrected chi connectivity index (χ3v) is 4.48. The Bertz CT molecular complexity index is 530. The van der Waals surface area contributed by atoms with Crippen LogP contribution in [0.1, 0.15) is 16.1 Å². The Hall–Kier alpha value is -1.10. The van der Waals surface area contributed by atoms with Crippen molar-refractivity contribution in [3.63, 3.8) is 0 Å². The lowest BCUT2D eigenvalue weighted by molar-refractivity contribution is 0.0952. The molecule has 1 saturated heterocycles. The van der Waals surface area contributed by atoms with Crippen LogP contribution in [0.3, 0.4) is 0 Å². The fourth-order valence-corrected chi connectivity index (χ4v) is 3.29. The smallest absolute Gasteiger partial charge is 0.261 e. The highest BCUT2D eigenvalue weighted by molar-refractivity contribution is 7.20. The first kappa shape index (κ1) is 14.3. The van der Waals surface area contributed by atoms with E-state index >= 15 is 0 Å². The number of benzene rings is 1. The summed E-state index contributed by atoms with van der Waals surface area (Å²) in [5.74, 6) is 0.645. The Morgan fingerprint density at radius 2 is 2.26 bits per heavy atom. The maximum atomic E-state index is 12.0. The maximum Gasteiger partial charge on any atom is 0.261 e. The van der Waals surface area contributed by atoms with Crippen molar-refractivity contribution in [3.05, 3.63) is 35.2 Å². The molecule has 3 rings (SSSR count). The zero-order valence-corrected chi connectivity index (χ0v) is 12.2. The van der Waals surface area contributed by atoms with Crippen molar-refractivity contribution in [1.29, 1.82) is 0 Å². The van der Waals surface area contributed by atoms with Gasteiger partial charge in [0, 0.05) is 11.2 Å². The van der Waals surface area contributed by atoms with Gasteiger partial charge in [-0.1, -0.05) is 18.2 Å². The highest BCUT2D eigenvalue weighted by Gasteiger charge is 2.16. The molecular formula is C14H17ClN2OS. The summed E-state index contributed by atoms with van der Waals surface area (Å²) in [4.78, 5) is 12.9. The van der Waals surface area contributed by atoms with E-state index < -0.39 is 0 Å². The van der Waals surface area contributed by atoms with Crippen LogP contribution in [0.25, 0.3) is 10.1 Å². The molecule has 1 aromatic carbocycles. The summed E-state index contributed by atoms with van der Waals surface area (Å²) >= 11 is 1.56. The van der Waals surface area contributed by atoms with Crippen molar-refractivity contribution in [2.75, 3.05) is 19.6 Å². The van der Waals surface area contributed by atoms with Crippen LogP contribution in [0.2, 0.25) is 0 Å². The van der Waals surface area contributed by atoms with Crippen LogP contribution < -0.4 is 10.6 Å². The number of rotatable bonds is 3. The van der Waals surface area contributed by atoms with E-state index in [1.165, 1.54) is 4.70 Å². The fraction of sp³-hybridized carbons (Fsp3) is 0.357. The minimum absolute atomic E-state index is 0. The number of carbonyl (C=O) groups excluding carboxylic acids is 1. The van der Waals surface area contributed by atoms with Crippen molar-refractivity contribution < 1.29 is 4.79 Å². The molecule has 1 aromatic heterocycles. The van der Waals surface area contributed by atoms with E-state index in [1.807, 2.05) is 24.3 Å². The van der Waals surface area contributed by atoms with Crippen molar-refractivity contribution in [1.82, 2.24) is 10.6 Å². The second kappa shape index (κ2) is 6.37. The summed E-state index contributed by atoms with van der Waals surface area (Å²) in [6, 6.07) is 10.1. The number of fused-ring (bicyclic) bond motifs is 1. The zero-order chi connectivity index (χ0) is 12.4. The Kier molecular flexibility index (Phi) is 4.80. The number of halogens is 1. The standard InChI is InChI=1S/C14H16N2OS.ClH/c17-14(16-9-10-5-6-15-8-10)13-7-11-3-1-2-4-12(11)18-13;/h1-4,7,10,15H,5-6,8-9H2,(H,16,17);1H. The molecule has 1 fully saturated rings. The van der Waals surface area contributed by atoms with Crippen molar-refractivity contribution in [3.8, 4) is 0 Å². The van der Waals surface area contributed by atoms with Gasteiger partial charge in [0.15, 0.2) is 0 Å². The number of carbonyl (C=O) groups is 1. The maximum absolute atomic E-state index is 12.0. The van der Waals surface area contributed by atoms with Gasteiger partial charge < -0.3 is 10.6 Å². The van der Waals surface area contributed by atoms with Crippen LogP contribution in [0.4, 0.5) is 0 Å². The van der Waals surface area contributed by atoms with Gasteiger partial charge in [0.25, 0.3) is 5.91 Å². The van der Waals surface area contributed by atoms with Crippen LogP contribution >= 0.6 is 23.7 Å². The summed E-state index contributed by atoms with van der Waals surface area (Å²) in [7, 11) is 0. The molecule has 0 bridgehead atoms. The van der Waals surface area contributed by atoms with Gasteiger partial charge in [-0.15, -0.1) is 23.7 Å². The number of nitrogens with one attached hydrogen (secondary N) is 2. The Morgan fingerprint density at radius 3 is 3.00 bits per heavy atom. The number of hydrogen-bond acceptors (Lipinski definition) is 3. The highest BCUT2D eigenvalue weighted by Crippen LogP contribution is 2.25. The van der Waals surface area contributed by atoms with Gasteiger partial charge >= 0.3 is 0 Å². The molecule has 1 aliphatic rings. The molecule has 2 aromatic rings. The second-order valence-electron chi connectivity index (χ2n) is 4.72. The quantitative estimate of drug-likeness (QED) is 0.914. The lowest BCUT2D eigenvalue weighted by atomic mass is 10.1. The lowest BCUT2D eigenvalue weighted by Gasteiger charge is -2.08. The van der Waals surface area contributed by atoms with E-state index in [-0.39, 0.29) is 18.3 Å². The SMILES string of the molecule is Cl.O=C(NCC1CCNC1)c1cc2ccccc2s1. The van der Waals surface area contributed by atoms with Crippen LogP contribution in [0, 0.1) is 5.92 Å². The van der Waals surface area contributed by atoms with Gasteiger partial charge in [-0.3, -0.25) is 4.79 Å². The molecule has 102 valence electrons. The molecule has 1 amide bonds. The summed E-state index contributed by atoms with van der Waals surface area (Å²) in [5, 5.41) is 7.49. The molecule has 0 saturated carbocycles. The molecule has 19 heavy (non-hydrogen) atoms. The second-order valence-corrected chi connectivity index (χ2v) is 5.80. The first-order valence-electron chi connectivity index (χ1n) is 6.30. The van der Waals surface area contributed by atoms with E-state index in [0.29, 0.717) is 5.92 Å². The van der Waals surface area contributed by atoms with E-state index in [0.717, 1.165) is 36.3 Å². The molecule has 1 aliphatic heterocycles. The molecule has 0 aliphatic carbocycles. The first-order chi connectivity index (χ1) is 8.83. The van der Waals surface area contributed by atoms with Gasteiger partial charge in [0.2, 0.25) is 0 Å². The average Bonchev–Trinajstić information content (AvgIpc) is 3.04. The van der Waals surface area contributed by atoms with Gasteiger partial charge in [-0.2, -0.15) is 0 Å². The third kappa shape index (κ3) is 3.26. The topological polar surface area (TPSA) is 41.1 Å². The number of hydrogen-bond donors (Lipinski definition) is 2. The van der Waals surface area contributed by atoms with Crippen LogP contribution in [0.15, 0.2) is 30.3 Å². The van der Waals surface area contributed by atoms with Crippen LogP contribution in [-0.4, -0.2) is 25.5 Å². The summed E-state index contributed by atoms with van der Waals surface area (Å²) < 4.78 is 1.17. The minimum Gasteiger partial charge on any atom is -0.351 e. The van der Waals surface area contributed by atoms with Gasteiger partial charge in [0.05, 0.1) is 4.88 Å². The molecule has 0 radical (unpaired) electrons. The monoisotopic (exact) mass is 296 g/mol. The molecule has 1 unspecified atom stereocenters. The van der Waals surface area contributed by atoms with Crippen LogP contribution in [0.5, 0.6) is 0 Å². The molecule has 2 heterocycles. The number of thiophene rings is 1. The molecule has 2 N–H and O–H groups in total. The summed E-state index contributed by atoms with van der Waals surface area (Å²) in [6.45, 7) is 2.87. The normalized spacial score (nSPS) is 18.2. The molecule has 1 atom stereocenters. The van der Waals surface area contributed by atoms with Crippen LogP contribution in [-0.2, 0) is 0 Å². The third-order valence-electron chi connectivity index (χ3n) is 3.36. The van der Waals surface area contributed by atoms with Crippen molar-refractivity contribution in [2.24, 2.45) is 5.92 Å². The first-order valence-corrected chi connectivity index (χ1v) is 7.12. The van der Waals surface area contributed by atoms with Crippen molar-refractivity contribution in [2.45, 2.75) is 6.42 Å². The average molecular weight is 297 g/mol.